The molecule has 1 amide bonds. The Morgan fingerprint density at radius 1 is 1.29 bits per heavy atom. The maximum Gasteiger partial charge on any atom is 0.224 e. The van der Waals surface area contributed by atoms with Crippen molar-refractivity contribution in [2.75, 3.05) is 14.2 Å². The summed E-state index contributed by atoms with van der Waals surface area (Å²) >= 11 is 0. The summed E-state index contributed by atoms with van der Waals surface area (Å²) in [5.41, 5.74) is 0.952. The molecule has 2 fully saturated rings. The number of piperidine rings is 1. The molecule has 0 spiro atoms. The fourth-order valence-electron chi connectivity index (χ4n) is 3.83. The molecule has 0 saturated carbocycles. The molecule has 1 aromatic carbocycles. The Kier molecular flexibility index (Phi) is 4.15. The van der Waals surface area contributed by atoms with Crippen LogP contribution in [0.25, 0.3) is 0 Å². The Bertz CT molecular complexity index is 503. The number of rotatable bonds is 4. The van der Waals surface area contributed by atoms with Crippen LogP contribution in [0.5, 0.6) is 5.75 Å². The largest absolute Gasteiger partial charge is 0.496 e. The molecule has 2 aliphatic rings. The lowest BCUT2D eigenvalue weighted by molar-refractivity contribution is -0.121. The van der Waals surface area contributed by atoms with Gasteiger partial charge in [-0.2, -0.15) is 0 Å². The van der Waals surface area contributed by atoms with Gasteiger partial charge in [0.25, 0.3) is 0 Å². The molecule has 1 aromatic rings. The van der Waals surface area contributed by atoms with Gasteiger partial charge in [-0.1, -0.05) is 18.2 Å². The summed E-state index contributed by atoms with van der Waals surface area (Å²) < 4.78 is 5.31. The predicted octanol–water partition coefficient (Wildman–Crippen LogP) is 1.98. The minimum absolute atomic E-state index is 0.105. The first kappa shape index (κ1) is 14.4. The quantitative estimate of drug-likeness (QED) is 0.921. The van der Waals surface area contributed by atoms with Crippen molar-refractivity contribution in [3.05, 3.63) is 29.8 Å². The summed E-state index contributed by atoms with van der Waals surface area (Å²) in [5, 5.41) is 3.22. The van der Waals surface area contributed by atoms with E-state index in [9.17, 15) is 4.79 Å². The van der Waals surface area contributed by atoms with Gasteiger partial charge in [-0.15, -0.1) is 0 Å². The van der Waals surface area contributed by atoms with Crippen LogP contribution in [-0.4, -0.2) is 43.1 Å². The third kappa shape index (κ3) is 3.05. The van der Waals surface area contributed by atoms with E-state index < -0.39 is 0 Å². The molecule has 2 heterocycles. The van der Waals surface area contributed by atoms with Crippen molar-refractivity contribution in [3.63, 3.8) is 0 Å². The van der Waals surface area contributed by atoms with E-state index in [1.54, 1.807) is 7.11 Å². The maximum atomic E-state index is 12.3. The van der Waals surface area contributed by atoms with Gasteiger partial charge in [-0.25, -0.2) is 0 Å². The minimum Gasteiger partial charge on any atom is -0.496 e. The van der Waals surface area contributed by atoms with Crippen LogP contribution in [0.15, 0.2) is 24.3 Å². The highest BCUT2D eigenvalue weighted by molar-refractivity contribution is 5.79. The number of benzene rings is 1. The van der Waals surface area contributed by atoms with Crippen molar-refractivity contribution in [3.8, 4) is 5.75 Å². The molecule has 4 nitrogen and oxygen atoms in total. The number of hydrogen-bond donors (Lipinski definition) is 1. The molecular weight excluding hydrogens is 264 g/mol. The van der Waals surface area contributed by atoms with Gasteiger partial charge in [-0.05, 0) is 38.8 Å². The van der Waals surface area contributed by atoms with Crippen LogP contribution in [0, 0.1) is 0 Å². The lowest BCUT2D eigenvalue weighted by atomic mass is 9.97. The zero-order valence-electron chi connectivity index (χ0n) is 12.8. The Hall–Kier alpha value is -1.55. The van der Waals surface area contributed by atoms with Gasteiger partial charge in [-0.3, -0.25) is 4.79 Å². The number of amides is 1. The number of carbonyl (C=O) groups excluding carboxylic acids is 1. The predicted molar refractivity (Wildman–Crippen MR) is 82.4 cm³/mol. The Labute approximate surface area is 126 Å². The lowest BCUT2D eigenvalue weighted by Crippen LogP contribution is -2.49. The summed E-state index contributed by atoms with van der Waals surface area (Å²) in [4.78, 5) is 14.8. The lowest BCUT2D eigenvalue weighted by Gasteiger charge is -2.36. The van der Waals surface area contributed by atoms with E-state index in [4.69, 9.17) is 4.74 Å². The second-order valence-electron chi connectivity index (χ2n) is 6.27. The smallest absolute Gasteiger partial charge is 0.224 e. The normalized spacial score (nSPS) is 28.4. The molecule has 3 rings (SSSR count). The molecule has 2 saturated heterocycles. The van der Waals surface area contributed by atoms with Crippen molar-refractivity contribution >= 4 is 5.91 Å². The first-order valence-electron chi connectivity index (χ1n) is 7.80. The highest BCUT2D eigenvalue weighted by Crippen LogP contribution is 2.34. The first-order chi connectivity index (χ1) is 10.2. The van der Waals surface area contributed by atoms with Crippen LogP contribution in [0.3, 0.4) is 0 Å². The molecule has 0 radical (unpaired) electrons. The second kappa shape index (κ2) is 6.06. The van der Waals surface area contributed by atoms with Gasteiger partial charge in [0.05, 0.1) is 13.5 Å². The second-order valence-corrected chi connectivity index (χ2v) is 6.27. The monoisotopic (exact) mass is 288 g/mol. The summed E-state index contributed by atoms with van der Waals surface area (Å²) in [6.45, 7) is 0. The molecule has 0 unspecified atom stereocenters. The highest BCUT2D eigenvalue weighted by Gasteiger charge is 2.38. The molecule has 114 valence electrons. The molecule has 2 bridgehead atoms. The molecule has 1 N–H and O–H groups in total. The van der Waals surface area contributed by atoms with Crippen LogP contribution < -0.4 is 10.1 Å². The van der Waals surface area contributed by atoms with Gasteiger partial charge in [0, 0.05) is 23.7 Å². The van der Waals surface area contributed by atoms with E-state index >= 15 is 0 Å². The van der Waals surface area contributed by atoms with Crippen LogP contribution in [0.4, 0.5) is 0 Å². The van der Waals surface area contributed by atoms with Crippen molar-refractivity contribution in [1.29, 1.82) is 0 Å². The van der Waals surface area contributed by atoms with E-state index in [2.05, 4.69) is 17.3 Å². The number of methoxy groups -OCH3 is 1. The third-order valence-corrected chi connectivity index (χ3v) is 5.01. The number of carbonyl (C=O) groups is 1. The topological polar surface area (TPSA) is 41.6 Å². The fourth-order valence-corrected chi connectivity index (χ4v) is 3.83. The van der Waals surface area contributed by atoms with Crippen LogP contribution in [0.1, 0.15) is 31.2 Å². The van der Waals surface area contributed by atoms with Crippen LogP contribution in [0.2, 0.25) is 0 Å². The van der Waals surface area contributed by atoms with Gasteiger partial charge in [0.1, 0.15) is 5.75 Å². The average Bonchev–Trinajstić information content (AvgIpc) is 2.70. The molecule has 2 atom stereocenters. The number of ether oxygens (including phenoxy) is 1. The Morgan fingerprint density at radius 3 is 2.62 bits per heavy atom. The van der Waals surface area contributed by atoms with Crippen molar-refractivity contribution in [2.45, 2.75) is 50.2 Å². The zero-order chi connectivity index (χ0) is 14.8. The minimum atomic E-state index is 0.105. The number of hydrogen-bond acceptors (Lipinski definition) is 3. The van der Waals surface area contributed by atoms with Gasteiger partial charge in [0.2, 0.25) is 5.91 Å². The Morgan fingerprint density at radius 2 is 1.95 bits per heavy atom. The molecule has 2 aliphatic heterocycles. The number of nitrogens with zero attached hydrogens (tertiary/aromatic N) is 1. The highest BCUT2D eigenvalue weighted by atomic mass is 16.5. The number of fused-ring (bicyclic) bond motifs is 2. The first-order valence-corrected chi connectivity index (χ1v) is 7.80. The van der Waals surface area contributed by atoms with Crippen LogP contribution >= 0.6 is 0 Å². The van der Waals surface area contributed by atoms with Crippen molar-refractivity contribution in [1.82, 2.24) is 10.2 Å². The number of para-hydroxylation sites is 1. The van der Waals surface area contributed by atoms with E-state index in [1.807, 2.05) is 24.3 Å². The maximum absolute atomic E-state index is 12.3. The third-order valence-electron chi connectivity index (χ3n) is 5.01. The number of nitrogens with one attached hydrogen (secondary N) is 1. The molecule has 21 heavy (non-hydrogen) atoms. The van der Waals surface area contributed by atoms with E-state index in [0.29, 0.717) is 24.5 Å². The molecule has 0 aromatic heterocycles. The van der Waals surface area contributed by atoms with Crippen molar-refractivity contribution in [2.24, 2.45) is 0 Å². The van der Waals surface area contributed by atoms with E-state index in [-0.39, 0.29) is 5.91 Å². The Balaban J connectivity index is 1.57. The van der Waals surface area contributed by atoms with Crippen molar-refractivity contribution < 1.29 is 9.53 Å². The molecule has 4 heteroatoms. The molecule has 0 aliphatic carbocycles. The van der Waals surface area contributed by atoms with Gasteiger partial charge < -0.3 is 15.0 Å². The summed E-state index contributed by atoms with van der Waals surface area (Å²) in [6.07, 6.45) is 5.13. The standard InChI is InChI=1S/C17H24N2O2/c1-19-14-7-8-15(19)11-13(10-14)18-17(20)9-12-5-3-4-6-16(12)21-2/h3-6,13-15H,7-11H2,1-2H3,(H,18,20)/t14-,15-/m0/s1. The molecular formula is C17H24N2O2. The van der Waals surface area contributed by atoms with Gasteiger partial charge in [0.15, 0.2) is 0 Å². The van der Waals surface area contributed by atoms with E-state index in [0.717, 1.165) is 24.2 Å². The summed E-state index contributed by atoms with van der Waals surface area (Å²) in [6, 6.07) is 9.37. The fraction of sp³-hybridized carbons (Fsp3) is 0.588. The SMILES string of the molecule is COc1ccccc1CC(=O)NC1C[C@@H]2CC[C@@H](C1)N2C. The average molecular weight is 288 g/mol. The zero-order valence-corrected chi connectivity index (χ0v) is 12.8. The summed E-state index contributed by atoms with van der Waals surface area (Å²) in [5.74, 6) is 0.893. The summed E-state index contributed by atoms with van der Waals surface area (Å²) in [7, 11) is 3.86. The van der Waals surface area contributed by atoms with Crippen LogP contribution in [-0.2, 0) is 11.2 Å². The van der Waals surface area contributed by atoms with Gasteiger partial charge >= 0.3 is 0 Å². The van der Waals surface area contributed by atoms with E-state index in [1.165, 1.54) is 12.8 Å².